The van der Waals surface area contributed by atoms with Crippen molar-refractivity contribution < 1.29 is 4.42 Å². The fraction of sp³-hybridized carbons (Fsp3) is 0.188. The lowest BCUT2D eigenvalue weighted by molar-refractivity contribution is 0.569. The van der Waals surface area contributed by atoms with E-state index in [2.05, 4.69) is 0 Å². The molecule has 0 spiro atoms. The number of benzene rings is 2. The maximum absolute atomic E-state index is 11.7. The van der Waals surface area contributed by atoms with Gasteiger partial charge in [-0.05, 0) is 30.5 Å². The third-order valence-electron chi connectivity index (χ3n) is 2.77. The summed E-state index contributed by atoms with van der Waals surface area (Å²) in [5.74, 6) is 0. The highest BCUT2D eigenvalue weighted by molar-refractivity contribution is 6.04. The number of hydrogen-bond acceptors (Lipinski definition) is 2. The molecule has 3 rings (SSSR count). The summed E-state index contributed by atoms with van der Waals surface area (Å²) >= 11 is 0. The molecule has 2 heteroatoms. The molecule has 0 aliphatic rings. The van der Waals surface area contributed by atoms with Crippen LogP contribution in [0.25, 0.3) is 21.7 Å². The Kier molecular flexibility index (Phi) is 3.47. The number of fused-ring (bicyclic) bond motifs is 3. The van der Waals surface area contributed by atoms with Crippen LogP contribution in [-0.2, 0) is 0 Å². The molecule has 0 radical (unpaired) electrons. The Balaban J connectivity index is 0.000000574. The molecule has 0 unspecified atom stereocenters. The first-order valence-electron chi connectivity index (χ1n) is 6.18. The molecule has 0 aliphatic carbocycles. The van der Waals surface area contributed by atoms with E-state index in [0.29, 0.717) is 11.0 Å². The average Bonchev–Trinajstić information content (AvgIpc) is 2.42. The van der Waals surface area contributed by atoms with Gasteiger partial charge < -0.3 is 4.42 Å². The van der Waals surface area contributed by atoms with Gasteiger partial charge in [0.25, 0.3) is 0 Å². The van der Waals surface area contributed by atoms with Crippen LogP contribution in [0.3, 0.4) is 0 Å². The van der Waals surface area contributed by atoms with Crippen LogP contribution < -0.4 is 5.63 Å². The van der Waals surface area contributed by atoms with Gasteiger partial charge in [0.1, 0.15) is 5.58 Å². The molecule has 18 heavy (non-hydrogen) atoms. The molecule has 92 valence electrons. The molecule has 0 N–H and O–H groups in total. The van der Waals surface area contributed by atoms with Crippen molar-refractivity contribution in [2.75, 3.05) is 0 Å². The Morgan fingerprint density at radius 1 is 0.889 bits per heavy atom. The standard InChI is InChI=1S/C14H10O2.C2H6/c1-9-6-7-13-12(8-9)10-4-2-3-5-11(10)14(15)16-13;1-2/h2-8H,1H3;1-2H3. The van der Waals surface area contributed by atoms with E-state index < -0.39 is 0 Å². The van der Waals surface area contributed by atoms with Gasteiger partial charge in [-0.1, -0.05) is 43.7 Å². The average molecular weight is 240 g/mol. The molecule has 0 saturated carbocycles. The molecule has 2 aromatic carbocycles. The van der Waals surface area contributed by atoms with Gasteiger partial charge in [-0.15, -0.1) is 0 Å². The first kappa shape index (κ1) is 12.4. The summed E-state index contributed by atoms with van der Waals surface area (Å²) in [5.41, 5.74) is 1.53. The van der Waals surface area contributed by atoms with Gasteiger partial charge in [0.05, 0.1) is 5.39 Å². The van der Waals surface area contributed by atoms with Crippen LogP contribution in [-0.4, -0.2) is 0 Å². The van der Waals surface area contributed by atoms with Gasteiger partial charge in [0, 0.05) is 5.39 Å². The largest absolute Gasteiger partial charge is 0.422 e. The van der Waals surface area contributed by atoms with Gasteiger partial charge in [-0.25, -0.2) is 4.79 Å². The van der Waals surface area contributed by atoms with Crippen molar-refractivity contribution in [1.29, 1.82) is 0 Å². The highest BCUT2D eigenvalue weighted by Crippen LogP contribution is 2.23. The summed E-state index contributed by atoms with van der Waals surface area (Å²) in [4.78, 5) is 11.7. The SMILES string of the molecule is CC.Cc1ccc2oc(=O)c3ccccc3c2c1. The molecule has 3 aromatic rings. The second-order valence-corrected chi connectivity index (χ2v) is 3.93. The van der Waals surface area contributed by atoms with E-state index in [1.807, 2.05) is 57.2 Å². The van der Waals surface area contributed by atoms with Crippen LogP contribution in [0.1, 0.15) is 19.4 Å². The van der Waals surface area contributed by atoms with Crippen molar-refractivity contribution in [2.24, 2.45) is 0 Å². The van der Waals surface area contributed by atoms with Crippen molar-refractivity contribution in [1.82, 2.24) is 0 Å². The predicted octanol–water partition coefficient (Wildman–Crippen LogP) is 4.28. The Hall–Kier alpha value is -2.09. The van der Waals surface area contributed by atoms with Crippen LogP contribution in [0.4, 0.5) is 0 Å². The molecule has 2 nitrogen and oxygen atoms in total. The smallest absolute Gasteiger partial charge is 0.344 e. The van der Waals surface area contributed by atoms with Gasteiger partial charge in [0.2, 0.25) is 0 Å². The lowest BCUT2D eigenvalue weighted by atomic mass is 10.1. The van der Waals surface area contributed by atoms with Gasteiger partial charge in [0.15, 0.2) is 0 Å². The van der Waals surface area contributed by atoms with Crippen LogP contribution in [0.2, 0.25) is 0 Å². The molecule has 1 aromatic heterocycles. The minimum atomic E-state index is -0.271. The molecule has 0 amide bonds. The fourth-order valence-electron chi connectivity index (χ4n) is 1.99. The summed E-state index contributed by atoms with van der Waals surface area (Å²) in [6.45, 7) is 6.03. The summed E-state index contributed by atoms with van der Waals surface area (Å²) < 4.78 is 5.27. The Morgan fingerprint density at radius 2 is 1.56 bits per heavy atom. The third-order valence-corrected chi connectivity index (χ3v) is 2.77. The maximum Gasteiger partial charge on any atom is 0.344 e. The first-order chi connectivity index (χ1) is 8.75. The van der Waals surface area contributed by atoms with E-state index in [0.717, 1.165) is 16.3 Å². The van der Waals surface area contributed by atoms with Gasteiger partial charge >= 0.3 is 5.63 Å². The van der Waals surface area contributed by atoms with E-state index in [9.17, 15) is 4.79 Å². The zero-order valence-corrected chi connectivity index (χ0v) is 10.9. The predicted molar refractivity (Wildman–Crippen MR) is 76.1 cm³/mol. The van der Waals surface area contributed by atoms with E-state index in [1.165, 1.54) is 0 Å². The summed E-state index contributed by atoms with van der Waals surface area (Å²) in [7, 11) is 0. The van der Waals surface area contributed by atoms with Crippen molar-refractivity contribution in [3.63, 3.8) is 0 Å². The van der Waals surface area contributed by atoms with Crippen LogP contribution in [0.5, 0.6) is 0 Å². The minimum Gasteiger partial charge on any atom is -0.422 e. The molecule has 0 atom stereocenters. The molecule has 0 aliphatic heterocycles. The monoisotopic (exact) mass is 240 g/mol. The molecule has 0 saturated heterocycles. The molecule has 0 bridgehead atoms. The van der Waals surface area contributed by atoms with Crippen LogP contribution in [0.15, 0.2) is 51.7 Å². The molecular formula is C16H16O2. The zero-order chi connectivity index (χ0) is 13.1. The van der Waals surface area contributed by atoms with E-state index >= 15 is 0 Å². The number of aryl methyl sites for hydroxylation is 1. The second kappa shape index (κ2) is 5.05. The van der Waals surface area contributed by atoms with E-state index in [4.69, 9.17) is 4.42 Å². The van der Waals surface area contributed by atoms with E-state index in [-0.39, 0.29) is 5.63 Å². The number of hydrogen-bond donors (Lipinski definition) is 0. The van der Waals surface area contributed by atoms with Crippen molar-refractivity contribution in [2.45, 2.75) is 20.8 Å². The molecule has 0 fully saturated rings. The lowest BCUT2D eigenvalue weighted by Crippen LogP contribution is -1.99. The minimum absolute atomic E-state index is 0.271. The normalized spacial score (nSPS) is 10.2. The molecular weight excluding hydrogens is 224 g/mol. The lowest BCUT2D eigenvalue weighted by Gasteiger charge is -2.02. The molecule has 1 heterocycles. The highest BCUT2D eigenvalue weighted by Gasteiger charge is 2.05. The fourth-order valence-corrected chi connectivity index (χ4v) is 1.99. The van der Waals surface area contributed by atoms with Crippen molar-refractivity contribution in [3.8, 4) is 0 Å². The highest BCUT2D eigenvalue weighted by atomic mass is 16.4. The van der Waals surface area contributed by atoms with Gasteiger partial charge in [-0.3, -0.25) is 0 Å². The number of rotatable bonds is 0. The van der Waals surface area contributed by atoms with Crippen LogP contribution in [0, 0.1) is 6.92 Å². The Bertz CT molecular complexity index is 739. The third kappa shape index (κ3) is 2.02. The summed E-state index contributed by atoms with van der Waals surface area (Å²) in [6.07, 6.45) is 0. The topological polar surface area (TPSA) is 30.2 Å². The van der Waals surface area contributed by atoms with Crippen molar-refractivity contribution in [3.05, 3.63) is 58.4 Å². The van der Waals surface area contributed by atoms with Crippen molar-refractivity contribution >= 4 is 21.7 Å². The Morgan fingerprint density at radius 3 is 2.28 bits per heavy atom. The van der Waals surface area contributed by atoms with E-state index in [1.54, 1.807) is 6.07 Å². The first-order valence-corrected chi connectivity index (χ1v) is 6.18. The zero-order valence-electron chi connectivity index (χ0n) is 10.9. The maximum atomic E-state index is 11.7. The Labute approximate surface area is 106 Å². The summed E-state index contributed by atoms with van der Waals surface area (Å²) in [6, 6.07) is 13.4. The summed E-state index contributed by atoms with van der Waals surface area (Å²) in [5, 5.41) is 2.59. The quantitative estimate of drug-likeness (QED) is 0.433. The van der Waals surface area contributed by atoms with Crippen LogP contribution >= 0.6 is 0 Å². The van der Waals surface area contributed by atoms with Gasteiger partial charge in [-0.2, -0.15) is 0 Å². The second-order valence-electron chi connectivity index (χ2n) is 3.93.